The first-order valence-electron chi connectivity index (χ1n) is 11.5. The lowest BCUT2D eigenvalue weighted by atomic mass is 10.1. The van der Waals surface area contributed by atoms with E-state index in [2.05, 4.69) is 10.3 Å². The lowest BCUT2D eigenvalue weighted by Crippen LogP contribution is -2.41. The molecule has 1 aromatic heterocycles. The Morgan fingerprint density at radius 1 is 1.09 bits per heavy atom. The molecular formula is C26H25N3O4S2. The minimum Gasteiger partial charge on any atom is -0.507 e. The molecule has 9 heteroatoms. The summed E-state index contributed by atoms with van der Waals surface area (Å²) < 4.78 is 28.6. The zero-order chi connectivity index (χ0) is 24.6. The fraction of sp³-hybridized carbons (Fsp3) is 0.231. The van der Waals surface area contributed by atoms with Crippen molar-refractivity contribution >= 4 is 43.2 Å². The fourth-order valence-corrected chi connectivity index (χ4v) is 7.02. The summed E-state index contributed by atoms with van der Waals surface area (Å²) in [4.78, 5) is 17.5. The van der Waals surface area contributed by atoms with Gasteiger partial charge in [-0.1, -0.05) is 18.6 Å². The zero-order valence-corrected chi connectivity index (χ0v) is 20.8. The highest BCUT2D eigenvalue weighted by molar-refractivity contribution is 7.89. The second-order valence-electron chi connectivity index (χ2n) is 8.66. The van der Waals surface area contributed by atoms with Crippen molar-refractivity contribution in [1.82, 2.24) is 9.29 Å². The Bertz CT molecular complexity index is 1460. The lowest BCUT2D eigenvalue weighted by molar-refractivity contribution is 0.102. The maximum absolute atomic E-state index is 13.0. The summed E-state index contributed by atoms with van der Waals surface area (Å²) in [5, 5.41) is 14.0. The van der Waals surface area contributed by atoms with E-state index in [9.17, 15) is 18.3 Å². The number of fused-ring (bicyclic) bond motifs is 1. The second-order valence-corrected chi connectivity index (χ2v) is 11.6. The smallest absolute Gasteiger partial charge is 0.255 e. The molecule has 2 N–H and O–H groups in total. The standard InChI is InChI=1S/C26H25N3O4S2/c1-17-6-4-5-15-29(17)35(32,33)20-12-9-18(10-13-20)25(31)27-19-11-14-21(23(30)16-19)26-28-22-7-2-3-8-24(22)34-26/h2-3,7-14,16-17,30H,4-6,15H2,1H3,(H,27,31)/t17-/m1/s1. The topological polar surface area (TPSA) is 99.6 Å². The van der Waals surface area contributed by atoms with Gasteiger partial charge in [-0.3, -0.25) is 4.79 Å². The molecule has 1 saturated heterocycles. The molecule has 2 heterocycles. The number of aromatic nitrogens is 1. The zero-order valence-electron chi connectivity index (χ0n) is 19.1. The molecule has 1 fully saturated rings. The lowest BCUT2D eigenvalue weighted by Gasteiger charge is -2.32. The van der Waals surface area contributed by atoms with Gasteiger partial charge in [-0.05, 0) is 68.3 Å². The molecule has 1 atom stereocenters. The van der Waals surface area contributed by atoms with Gasteiger partial charge in [0.15, 0.2) is 0 Å². The largest absolute Gasteiger partial charge is 0.507 e. The van der Waals surface area contributed by atoms with E-state index < -0.39 is 15.9 Å². The summed E-state index contributed by atoms with van der Waals surface area (Å²) >= 11 is 1.48. The van der Waals surface area contributed by atoms with Crippen LogP contribution in [0.4, 0.5) is 5.69 Å². The molecular weight excluding hydrogens is 482 g/mol. The number of nitrogens with one attached hydrogen (secondary N) is 1. The summed E-state index contributed by atoms with van der Waals surface area (Å²) in [6, 6.07) is 18.6. The maximum atomic E-state index is 13.0. The van der Waals surface area contributed by atoms with E-state index >= 15 is 0 Å². The Balaban J connectivity index is 1.31. The van der Waals surface area contributed by atoms with Crippen LogP contribution in [-0.2, 0) is 10.0 Å². The van der Waals surface area contributed by atoms with Crippen molar-refractivity contribution in [3.8, 4) is 16.3 Å². The number of benzene rings is 3. The molecule has 35 heavy (non-hydrogen) atoms. The molecule has 1 aliphatic rings. The highest BCUT2D eigenvalue weighted by atomic mass is 32.2. The molecule has 1 amide bonds. The normalized spacial score (nSPS) is 16.9. The van der Waals surface area contributed by atoms with Gasteiger partial charge in [-0.15, -0.1) is 11.3 Å². The van der Waals surface area contributed by atoms with Gasteiger partial charge in [-0.25, -0.2) is 13.4 Å². The summed E-state index contributed by atoms with van der Waals surface area (Å²) in [6.07, 6.45) is 2.74. The van der Waals surface area contributed by atoms with Crippen LogP contribution in [0, 0.1) is 0 Å². The number of nitrogens with zero attached hydrogens (tertiary/aromatic N) is 2. The van der Waals surface area contributed by atoms with Gasteiger partial charge in [0, 0.05) is 29.9 Å². The number of sulfonamides is 1. The molecule has 1 aliphatic heterocycles. The van der Waals surface area contributed by atoms with Crippen LogP contribution in [0.5, 0.6) is 5.75 Å². The summed E-state index contributed by atoms with van der Waals surface area (Å²) in [5.41, 5.74) is 2.21. The van der Waals surface area contributed by atoms with Crippen molar-refractivity contribution in [2.45, 2.75) is 37.1 Å². The Hall–Kier alpha value is -3.27. The van der Waals surface area contributed by atoms with Crippen LogP contribution in [0.3, 0.4) is 0 Å². The number of carbonyl (C=O) groups is 1. The van der Waals surface area contributed by atoms with Crippen molar-refractivity contribution in [3.63, 3.8) is 0 Å². The number of piperidine rings is 1. The van der Waals surface area contributed by atoms with E-state index in [1.165, 1.54) is 41.7 Å². The summed E-state index contributed by atoms with van der Waals surface area (Å²) in [6.45, 7) is 2.44. The summed E-state index contributed by atoms with van der Waals surface area (Å²) in [7, 11) is -3.60. The second kappa shape index (κ2) is 9.41. The van der Waals surface area contributed by atoms with Crippen molar-refractivity contribution in [2.24, 2.45) is 0 Å². The molecule has 180 valence electrons. The molecule has 3 aromatic carbocycles. The fourth-order valence-electron chi connectivity index (χ4n) is 4.32. The first-order chi connectivity index (χ1) is 16.8. The molecule has 5 rings (SSSR count). The van der Waals surface area contributed by atoms with Gasteiger partial charge in [0.2, 0.25) is 10.0 Å². The first kappa shape index (κ1) is 23.5. The molecule has 0 unspecified atom stereocenters. The number of para-hydroxylation sites is 1. The number of hydrogen-bond donors (Lipinski definition) is 2. The number of hydrogen-bond acceptors (Lipinski definition) is 6. The third-order valence-corrected chi connectivity index (χ3v) is 9.34. The third-order valence-electron chi connectivity index (χ3n) is 6.25. The number of rotatable bonds is 5. The molecule has 7 nitrogen and oxygen atoms in total. The minimum atomic E-state index is -3.60. The SMILES string of the molecule is C[C@@H]1CCCCN1S(=O)(=O)c1ccc(C(=O)Nc2ccc(-c3nc4ccccc4s3)c(O)c2)cc1. The van der Waals surface area contributed by atoms with Gasteiger partial charge >= 0.3 is 0 Å². The van der Waals surface area contributed by atoms with Crippen LogP contribution in [-0.4, -0.2) is 41.3 Å². The molecule has 0 bridgehead atoms. The Labute approximate surface area is 208 Å². The van der Waals surface area contributed by atoms with Crippen LogP contribution >= 0.6 is 11.3 Å². The minimum absolute atomic E-state index is 0.0129. The van der Waals surface area contributed by atoms with E-state index in [1.807, 2.05) is 31.2 Å². The molecule has 0 radical (unpaired) electrons. The quantitative estimate of drug-likeness (QED) is 0.372. The van der Waals surface area contributed by atoms with Crippen LogP contribution in [0.25, 0.3) is 20.8 Å². The molecule has 0 spiro atoms. The van der Waals surface area contributed by atoms with Crippen LogP contribution in [0.1, 0.15) is 36.5 Å². The van der Waals surface area contributed by atoms with E-state index in [0.29, 0.717) is 28.4 Å². The van der Waals surface area contributed by atoms with Crippen molar-refractivity contribution in [1.29, 1.82) is 0 Å². The number of thiazole rings is 1. The number of phenols is 1. The van der Waals surface area contributed by atoms with Crippen molar-refractivity contribution in [2.75, 3.05) is 11.9 Å². The summed E-state index contributed by atoms with van der Waals surface area (Å²) in [5.74, 6) is -0.383. The van der Waals surface area contributed by atoms with Gasteiger partial charge < -0.3 is 10.4 Å². The van der Waals surface area contributed by atoms with E-state index in [4.69, 9.17) is 0 Å². The van der Waals surface area contributed by atoms with E-state index in [-0.39, 0.29) is 16.7 Å². The third kappa shape index (κ3) is 4.67. The number of phenolic OH excluding ortho intramolecular Hbond substituents is 1. The molecule has 0 aliphatic carbocycles. The Morgan fingerprint density at radius 3 is 2.57 bits per heavy atom. The Morgan fingerprint density at radius 2 is 1.86 bits per heavy atom. The van der Waals surface area contributed by atoms with Crippen molar-refractivity contribution < 1.29 is 18.3 Å². The van der Waals surface area contributed by atoms with Crippen LogP contribution < -0.4 is 5.32 Å². The number of anilines is 1. The Kier molecular flexibility index (Phi) is 6.31. The number of aromatic hydroxyl groups is 1. The molecule has 0 saturated carbocycles. The monoisotopic (exact) mass is 507 g/mol. The van der Waals surface area contributed by atoms with Gasteiger partial charge in [0.05, 0.1) is 20.7 Å². The number of amides is 1. The van der Waals surface area contributed by atoms with E-state index in [0.717, 1.165) is 29.5 Å². The first-order valence-corrected chi connectivity index (χ1v) is 13.7. The van der Waals surface area contributed by atoms with Gasteiger partial charge in [0.25, 0.3) is 5.91 Å². The van der Waals surface area contributed by atoms with Gasteiger partial charge in [0.1, 0.15) is 10.8 Å². The highest BCUT2D eigenvalue weighted by Gasteiger charge is 2.31. The molecule has 4 aromatic rings. The van der Waals surface area contributed by atoms with Crippen LogP contribution in [0.2, 0.25) is 0 Å². The van der Waals surface area contributed by atoms with Crippen molar-refractivity contribution in [3.05, 3.63) is 72.3 Å². The predicted octanol–water partition coefficient (Wildman–Crippen LogP) is 5.48. The highest BCUT2D eigenvalue weighted by Crippen LogP contribution is 2.36. The van der Waals surface area contributed by atoms with Crippen LogP contribution in [0.15, 0.2) is 71.6 Å². The van der Waals surface area contributed by atoms with Gasteiger partial charge in [-0.2, -0.15) is 4.31 Å². The average molecular weight is 508 g/mol. The predicted molar refractivity (Wildman–Crippen MR) is 138 cm³/mol. The average Bonchev–Trinajstić information content (AvgIpc) is 3.28. The maximum Gasteiger partial charge on any atom is 0.255 e. The van der Waals surface area contributed by atoms with E-state index in [1.54, 1.807) is 16.4 Å². The number of carbonyl (C=O) groups excluding carboxylic acids is 1.